The monoisotopic (exact) mass is 260 g/mol. The summed E-state index contributed by atoms with van der Waals surface area (Å²) in [5, 5.41) is 8.53. The number of ketones is 1. The third kappa shape index (κ3) is 1.60. The average Bonchev–Trinajstić information content (AvgIpc) is 2.31. The summed E-state index contributed by atoms with van der Waals surface area (Å²) in [5.74, 6) is -0.0167. The van der Waals surface area contributed by atoms with Gasteiger partial charge in [-0.2, -0.15) is 5.26 Å². The van der Waals surface area contributed by atoms with Crippen molar-refractivity contribution < 1.29 is 4.79 Å². The third-order valence-electron chi connectivity index (χ3n) is 1.30. The molecule has 0 fully saturated rings. The van der Waals surface area contributed by atoms with Crippen LogP contribution >= 0.6 is 22.9 Å². The number of hydrogen-bond donors (Lipinski definition) is 0. The molecule has 0 radical (unpaired) electrons. The van der Waals surface area contributed by atoms with E-state index < -0.39 is 0 Å². The topological polar surface area (TPSA) is 45.8 Å². The molecule has 0 aliphatic heterocycles. The van der Waals surface area contributed by atoms with Crippen molar-refractivity contribution in [3.05, 3.63) is 23.5 Å². The lowest BCUT2D eigenvalue weighted by Gasteiger charge is -1.84. The van der Waals surface area contributed by atoms with Crippen molar-refractivity contribution in [3.8, 4) is 6.07 Å². The first kappa shape index (κ1) is 8.27. The number of hydrogen-bond acceptors (Lipinski definition) is 2. The number of rotatable bonds is 1. The molecule has 0 bridgehead atoms. The molecule has 0 aliphatic carbocycles. The Kier molecular flexibility index (Phi) is 2.29. The smallest absolute Gasteiger partial charge is 0.161 e. The number of aromatic nitrogens is 1. The number of carbonyl (C=O) groups is 1. The highest BCUT2D eigenvalue weighted by Gasteiger charge is 2.05. The van der Waals surface area contributed by atoms with Crippen LogP contribution in [0.5, 0.6) is 0 Å². The first-order valence-electron chi connectivity index (χ1n) is 2.94. The van der Waals surface area contributed by atoms with Crippen LogP contribution in [-0.4, -0.2) is 8.56 Å². The maximum absolute atomic E-state index is 10.8. The van der Waals surface area contributed by atoms with Crippen LogP contribution in [0.2, 0.25) is 0 Å². The molecule has 4 heteroatoms. The number of carbonyl (C=O) groups excluding carboxylic acids is 1. The summed E-state index contributed by atoms with van der Waals surface area (Å²) in [6.07, 6.45) is 1.64. The number of nitrogens with zero attached hydrogens (tertiary/aromatic N) is 2. The highest BCUT2D eigenvalue weighted by Crippen LogP contribution is 2.10. The van der Waals surface area contributed by atoms with Crippen molar-refractivity contribution >= 4 is 28.6 Å². The summed E-state index contributed by atoms with van der Waals surface area (Å²) in [7, 11) is 0. The molecule has 3 nitrogen and oxygen atoms in total. The Morgan fingerprint density at radius 3 is 2.73 bits per heavy atom. The maximum Gasteiger partial charge on any atom is 0.161 e. The molecular formula is C7H5IN2O. The van der Waals surface area contributed by atoms with Gasteiger partial charge in [-0.1, -0.05) is 0 Å². The molecule has 0 amide bonds. The van der Waals surface area contributed by atoms with E-state index in [1.165, 1.54) is 6.92 Å². The van der Waals surface area contributed by atoms with E-state index >= 15 is 0 Å². The van der Waals surface area contributed by atoms with E-state index in [1.807, 2.05) is 28.9 Å². The Balaban J connectivity index is 3.18. The van der Waals surface area contributed by atoms with Gasteiger partial charge >= 0.3 is 0 Å². The SMILES string of the molecule is CC(=O)c1cc(C#N)n(I)c1. The van der Waals surface area contributed by atoms with Gasteiger partial charge in [-0.3, -0.25) is 7.58 Å². The van der Waals surface area contributed by atoms with Gasteiger partial charge in [-0.25, -0.2) is 0 Å². The molecule has 0 aliphatic rings. The van der Waals surface area contributed by atoms with Crippen molar-refractivity contribution in [2.75, 3.05) is 0 Å². The Bertz CT molecular complexity index is 335. The van der Waals surface area contributed by atoms with Crippen molar-refractivity contribution in [3.63, 3.8) is 0 Å². The van der Waals surface area contributed by atoms with Crippen molar-refractivity contribution in [2.24, 2.45) is 0 Å². The minimum Gasteiger partial charge on any atom is -0.294 e. The number of Topliss-reactive ketones (excluding diaryl/α,β-unsaturated/α-hetero) is 1. The molecule has 0 saturated carbocycles. The van der Waals surface area contributed by atoms with Gasteiger partial charge in [-0.15, -0.1) is 0 Å². The molecule has 1 heterocycles. The zero-order valence-electron chi connectivity index (χ0n) is 5.84. The molecule has 0 unspecified atom stereocenters. The molecule has 0 atom stereocenters. The van der Waals surface area contributed by atoms with Crippen LogP contribution in [0.1, 0.15) is 23.0 Å². The normalized spacial score (nSPS) is 9.18. The van der Waals surface area contributed by atoms with Gasteiger partial charge in [0.1, 0.15) is 11.8 Å². The van der Waals surface area contributed by atoms with Crippen LogP contribution in [0.4, 0.5) is 0 Å². The van der Waals surface area contributed by atoms with Gasteiger partial charge in [0.2, 0.25) is 0 Å². The summed E-state index contributed by atoms with van der Waals surface area (Å²) in [5.41, 5.74) is 1.08. The van der Waals surface area contributed by atoms with E-state index in [0.29, 0.717) is 11.3 Å². The van der Waals surface area contributed by atoms with Crippen LogP contribution in [-0.2, 0) is 0 Å². The Morgan fingerprint density at radius 1 is 1.82 bits per heavy atom. The fourth-order valence-corrected chi connectivity index (χ4v) is 1.26. The molecule has 1 rings (SSSR count). The van der Waals surface area contributed by atoms with E-state index in [1.54, 1.807) is 15.0 Å². The predicted molar refractivity (Wildman–Crippen MR) is 48.6 cm³/mol. The van der Waals surface area contributed by atoms with Crippen LogP contribution in [0.15, 0.2) is 12.3 Å². The van der Waals surface area contributed by atoms with Gasteiger partial charge in [0.25, 0.3) is 0 Å². The molecule has 1 aromatic rings. The fourth-order valence-electron chi connectivity index (χ4n) is 0.710. The van der Waals surface area contributed by atoms with Crippen LogP contribution < -0.4 is 0 Å². The predicted octanol–water partition coefficient (Wildman–Crippen LogP) is 1.76. The molecule has 0 spiro atoms. The minimum atomic E-state index is -0.0167. The highest BCUT2D eigenvalue weighted by atomic mass is 127. The van der Waals surface area contributed by atoms with E-state index in [-0.39, 0.29) is 5.78 Å². The lowest BCUT2D eigenvalue weighted by molar-refractivity contribution is 0.101. The largest absolute Gasteiger partial charge is 0.294 e. The zero-order valence-corrected chi connectivity index (χ0v) is 7.99. The van der Waals surface area contributed by atoms with Crippen molar-refractivity contribution in [2.45, 2.75) is 6.92 Å². The lowest BCUT2D eigenvalue weighted by Crippen LogP contribution is -1.86. The highest BCUT2D eigenvalue weighted by molar-refractivity contribution is 14.1. The molecule has 0 saturated heterocycles. The maximum atomic E-state index is 10.8. The van der Waals surface area contributed by atoms with Crippen LogP contribution in [0.25, 0.3) is 0 Å². The molecule has 11 heavy (non-hydrogen) atoms. The minimum absolute atomic E-state index is 0.0167. The summed E-state index contributed by atoms with van der Waals surface area (Å²) in [4.78, 5) is 10.8. The first-order valence-corrected chi connectivity index (χ1v) is 3.91. The van der Waals surface area contributed by atoms with Crippen LogP contribution in [0, 0.1) is 11.3 Å². The second-order valence-corrected chi connectivity index (χ2v) is 3.13. The molecular weight excluding hydrogens is 255 g/mol. The Morgan fingerprint density at radius 2 is 2.45 bits per heavy atom. The van der Waals surface area contributed by atoms with E-state index in [0.717, 1.165) is 0 Å². The lowest BCUT2D eigenvalue weighted by atomic mass is 10.2. The third-order valence-corrected chi connectivity index (χ3v) is 2.09. The van der Waals surface area contributed by atoms with Gasteiger partial charge in [0, 0.05) is 11.8 Å². The molecule has 0 N–H and O–H groups in total. The number of halogens is 1. The van der Waals surface area contributed by atoms with Gasteiger partial charge in [0.05, 0.1) is 22.9 Å². The first-order chi connectivity index (χ1) is 5.15. The molecule has 0 aromatic carbocycles. The average molecular weight is 260 g/mol. The Hall–Kier alpha value is -0.830. The second-order valence-electron chi connectivity index (χ2n) is 2.09. The van der Waals surface area contributed by atoms with Gasteiger partial charge in [0.15, 0.2) is 5.78 Å². The zero-order chi connectivity index (χ0) is 8.43. The summed E-state index contributed by atoms with van der Waals surface area (Å²) >= 11 is 1.96. The number of nitriles is 1. The molecule has 1 aromatic heterocycles. The summed E-state index contributed by atoms with van der Waals surface area (Å²) in [6, 6.07) is 3.55. The second kappa shape index (κ2) is 3.05. The quantitative estimate of drug-likeness (QED) is 0.570. The fraction of sp³-hybridized carbons (Fsp3) is 0.143. The van der Waals surface area contributed by atoms with Crippen molar-refractivity contribution in [1.82, 2.24) is 2.78 Å². The van der Waals surface area contributed by atoms with E-state index in [2.05, 4.69) is 0 Å². The van der Waals surface area contributed by atoms with E-state index in [4.69, 9.17) is 5.26 Å². The Labute approximate surface area is 78.1 Å². The molecule has 56 valence electrons. The summed E-state index contributed by atoms with van der Waals surface area (Å²) in [6.45, 7) is 1.48. The van der Waals surface area contributed by atoms with E-state index in [9.17, 15) is 4.79 Å². The standard InChI is InChI=1S/C7H5IN2O/c1-5(11)6-2-7(3-9)10(8)4-6/h2,4H,1H3. The van der Waals surface area contributed by atoms with Crippen molar-refractivity contribution in [1.29, 1.82) is 5.26 Å². The van der Waals surface area contributed by atoms with Crippen LogP contribution in [0.3, 0.4) is 0 Å². The van der Waals surface area contributed by atoms with Gasteiger partial charge in [-0.05, 0) is 13.0 Å². The van der Waals surface area contributed by atoms with Gasteiger partial charge < -0.3 is 0 Å². The summed E-state index contributed by atoms with van der Waals surface area (Å²) < 4.78 is 1.61.